The zero-order chi connectivity index (χ0) is 8.97. The van der Waals surface area contributed by atoms with Crippen LogP contribution in [-0.4, -0.2) is 37.0 Å². The van der Waals surface area contributed by atoms with E-state index < -0.39 is 0 Å². The predicted molar refractivity (Wildman–Crippen MR) is 49.0 cm³/mol. The molecule has 3 nitrogen and oxygen atoms in total. The van der Waals surface area contributed by atoms with Crippen molar-refractivity contribution < 1.29 is 4.79 Å². The summed E-state index contributed by atoms with van der Waals surface area (Å²) in [6, 6.07) is 0.0868. The number of nitrogens with zero attached hydrogens (tertiary/aromatic N) is 1. The van der Waals surface area contributed by atoms with Gasteiger partial charge in [-0.1, -0.05) is 6.42 Å². The quantitative estimate of drug-likeness (QED) is 0.658. The Balaban J connectivity index is 2.39. The summed E-state index contributed by atoms with van der Waals surface area (Å²) in [6.07, 6.45) is 3.39. The van der Waals surface area contributed by atoms with Gasteiger partial charge in [-0.2, -0.15) is 0 Å². The Hall–Kier alpha value is -0.570. The second kappa shape index (κ2) is 4.45. The number of likely N-dealkylation sites (N-methyl/N-ethyl adjacent to an activating group) is 1. The molecule has 0 unspecified atom stereocenters. The van der Waals surface area contributed by atoms with Crippen LogP contribution in [-0.2, 0) is 4.79 Å². The Kier molecular flexibility index (Phi) is 3.53. The fraction of sp³-hybridized carbons (Fsp3) is 0.889. The SMILES string of the molecule is CCN(C)C(=O)[C@H]1CCCCN1. The van der Waals surface area contributed by atoms with Crippen LogP contribution < -0.4 is 5.32 Å². The van der Waals surface area contributed by atoms with E-state index in [1.165, 1.54) is 12.8 Å². The first-order valence-electron chi connectivity index (χ1n) is 4.74. The Morgan fingerprint density at radius 3 is 2.83 bits per heavy atom. The number of amides is 1. The van der Waals surface area contributed by atoms with Crippen molar-refractivity contribution in [2.75, 3.05) is 20.1 Å². The van der Waals surface area contributed by atoms with Gasteiger partial charge in [0.1, 0.15) is 0 Å². The molecule has 0 aliphatic carbocycles. The predicted octanol–water partition coefficient (Wildman–Crippen LogP) is 0.607. The number of nitrogens with one attached hydrogen (secondary N) is 1. The lowest BCUT2D eigenvalue weighted by Crippen LogP contribution is -2.47. The minimum atomic E-state index is 0.0868. The first-order chi connectivity index (χ1) is 5.75. The maximum absolute atomic E-state index is 11.6. The maximum atomic E-state index is 11.6. The standard InChI is InChI=1S/C9H18N2O/c1-3-11(2)9(12)8-6-4-5-7-10-8/h8,10H,3-7H2,1-2H3/t8-/m1/s1. The van der Waals surface area contributed by atoms with E-state index in [0.29, 0.717) is 0 Å². The minimum Gasteiger partial charge on any atom is -0.345 e. The van der Waals surface area contributed by atoms with Crippen molar-refractivity contribution in [1.82, 2.24) is 10.2 Å². The van der Waals surface area contributed by atoms with Gasteiger partial charge in [0.05, 0.1) is 6.04 Å². The number of hydrogen-bond acceptors (Lipinski definition) is 2. The lowest BCUT2D eigenvalue weighted by Gasteiger charge is -2.26. The summed E-state index contributed by atoms with van der Waals surface area (Å²) in [6.45, 7) is 3.80. The van der Waals surface area contributed by atoms with Crippen LogP contribution in [0.15, 0.2) is 0 Å². The Morgan fingerprint density at radius 1 is 1.58 bits per heavy atom. The molecule has 0 spiro atoms. The first kappa shape index (κ1) is 9.52. The molecule has 1 rings (SSSR count). The van der Waals surface area contributed by atoms with E-state index in [-0.39, 0.29) is 11.9 Å². The second-order valence-corrected chi connectivity index (χ2v) is 3.35. The third-order valence-electron chi connectivity index (χ3n) is 2.46. The van der Waals surface area contributed by atoms with Crippen LogP contribution in [0.25, 0.3) is 0 Å². The second-order valence-electron chi connectivity index (χ2n) is 3.35. The highest BCUT2D eigenvalue weighted by atomic mass is 16.2. The molecule has 0 bridgehead atoms. The van der Waals surface area contributed by atoms with E-state index in [1.54, 1.807) is 4.90 Å². The summed E-state index contributed by atoms with van der Waals surface area (Å²) in [5.74, 6) is 0.247. The third kappa shape index (κ3) is 2.21. The molecule has 1 atom stereocenters. The number of hydrogen-bond donors (Lipinski definition) is 1. The van der Waals surface area contributed by atoms with E-state index in [4.69, 9.17) is 0 Å². The van der Waals surface area contributed by atoms with E-state index in [2.05, 4.69) is 5.32 Å². The Bertz CT molecular complexity index is 153. The molecule has 0 radical (unpaired) electrons. The van der Waals surface area contributed by atoms with Gasteiger partial charge >= 0.3 is 0 Å². The average Bonchev–Trinajstić information content (AvgIpc) is 2.17. The highest BCUT2D eigenvalue weighted by Gasteiger charge is 2.22. The van der Waals surface area contributed by atoms with Crippen molar-refractivity contribution in [2.24, 2.45) is 0 Å². The van der Waals surface area contributed by atoms with Crippen molar-refractivity contribution >= 4 is 5.91 Å². The lowest BCUT2D eigenvalue weighted by atomic mass is 10.0. The van der Waals surface area contributed by atoms with Gasteiger partial charge in [-0.15, -0.1) is 0 Å². The van der Waals surface area contributed by atoms with Crippen molar-refractivity contribution in [3.8, 4) is 0 Å². The van der Waals surface area contributed by atoms with Gasteiger partial charge in [-0.25, -0.2) is 0 Å². The van der Waals surface area contributed by atoms with Crippen LogP contribution in [0.5, 0.6) is 0 Å². The van der Waals surface area contributed by atoms with Crippen LogP contribution >= 0.6 is 0 Å². The molecular formula is C9H18N2O. The van der Waals surface area contributed by atoms with Crippen molar-refractivity contribution in [3.63, 3.8) is 0 Å². The molecule has 0 aromatic carbocycles. The molecular weight excluding hydrogens is 152 g/mol. The topological polar surface area (TPSA) is 32.3 Å². The van der Waals surface area contributed by atoms with E-state index >= 15 is 0 Å². The normalized spacial score (nSPS) is 23.7. The van der Waals surface area contributed by atoms with E-state index in [9.17, 15) is 4.79 Å². The largest absolute Gasteiger partial charge is 0.345 e. The van der Waals surface area contributed by atoms with Gasteiger partial charge < -0.3 is 10.2 Å². The van der Waals surface area contributed by atoms with Crippen LogP contribution in [0.3, 0.4) is 0 Å². The van der Waals surface area contributed by atoms with Gasteiger partial charge in [0, 0.05) is 13.6 Å². The number of carbonyl (C=O) groups is 1. The zero-order valence-corrected chi connectivity index (χ0v) is 7.97. The third-order valence-corrected chi connectivity index (χ3v) is 2.46. The van der Waals surface area contributed by atoms with Crippen LogP contribution in [0.1, 0.15) is 26.2 Å². The van der Waals surface area contributed by atoms with E-state index in [1.807, 2.05) is 14.0 Å². The fourth-order valence-corrected chi connectivity index (χ4v) is 1.48. The number of piperidine rings is 1. The molecule has 0 saturated carbocycles. The van der Waals surface area contributed by atoms with Crippen molar-refractivity contribution in [2.45, 2.75) is 32.2 Å². The molecule has 1 aliphatic heterocycles. The summed E-state index contributed by atoms with van der Waals surface area (Å²) in [5, 5.41) is 3.24. The molecule has 1 N–H and O–H groups in total. The highest BCUT2D eigenvalue weighted by Crippen LogP contribution is 2.08. The minimum absolute atomic E-state index is 0.0868. The van der Waals surface area contributed by atoms with Gasteiger partial charge in [0.15, 0.2) is 0 Å². The van der Waals surface area contributed by atoms with Crippen LogP contribution in [0.2, 0.25) is 0 Å². The van der Waals surface area contributed by atoms with E-state index in [0.717, 1.165) is 19.5 Å². The van der Waals surface area contributed by atoms with Crippen LogP contribution in [0.4, 0.5) is 0 Å². The molecule has 1 amide bonds. The monoisotopic (exact) mass is 170 g/mol. The molecule has 3 heteroatoms. The Morgan fingerprint density at radius 2 is 2.33 bits per heavy atom. The van der Waals surface area contributed by atoms with Gasteiger partial charge in [-0.05, 0) is 26.3 Å². The van der Waals surface area contributed by atoms with Gasteiger partial charge in [0.25, 0.3) is 0 Å². The molecule has 0 aromatic heterocycles. The van der Waals surface area contributed by atoms with Gasteiger partial charge in [-0.3, -0.25) is 4.79 Å². The molecule has 12 heavy (non-hydrogen) atoms. The van der Waals surface area contributed by atoms with Crippen molar-refractivity contribution in [1.29, 1.82) is 0 Å². The summed E-state index contributed by atoms with van der Waals surface area (Å²) in [7, 11) is 1.86. The Labute approximate surface area is 74.1 Å². The molecule has 1 fully saturated rings. The molecule has 1 aliphatic rings. The molecule has 70 valence electrons. The lowest BCUT2D eigenvalue weighted by molar-refractivity contribution is -0.132. The molecule has 1 heterocycles. The van der Waals surface area contributed by atoms with Gasteiger partial charge in [0.2, 0.25) is 5.91 Å². The smallest absolute Gasteiger partial charge is 0.239 e. The van der Waals surface area contributed by atoms with Crippen LogP contribution in [0, 0.1) is 0 Å². The molecule has 0 aromatic rings. The van der Waals surface area contributed by atoms with Crippen molar-refractivity contribution in [3.05, 3.63) is 0 Å². The summed E-state index contributed by atoms with van der Waals surface area (Å²) >= 11 is 0. The zero-order valence-electron chi connectivity index (χ0n) is 7.97. The summed E-state index contributed by atoms with van der Waals surface area (Å²) in [4.78, 5) is 13.4. The fourth-order valence-electron chi connectivity index (χ4n) is 1.48. The number of rotatable bonds is 2. The molecule has 1 saturated heterocycles. The maximum Gasteiger partial charge on any atom is 0.239 e. The number of carbonyl (C=O) groups excluding carboxylic acids is 1. The summed E-state index contributed by atoms with van der Waals surface area (Å²) in [5.41, 5.74) is 0. The highest BCUT2D eigenvalue weighted by molar-refractivity contribution is 5.81. The average molecular weight is 170 g/mol. The first-order valence-corrected chi connectivity index (χ1v) is 4.74. The summed E-state index contributed by atoms with van der Waals surface area (Å²) < 4.78 is 0.